The molecule has 2 aromatic heterocycles. The quantitative estimate of drug-likeness (QED) is 0.226. The van der Waals surface area contributed by atoms with Crippen molar-refractivity contribution in [1.82, 2.24) is 9.97 Å². The number of nitrogens with zero attached hydrogens (tertiary/aromatic N) is 2. The summed E-state index contributed by atoms with van der Waals surface area (Å²) in [6.45, 7) is 0. The number of aromatic nitrogens is 2. The van der Waals surface area contributed by atoms with E-state index in [4.69, 9.17) is 19.1 Å². The largest absolute Gasteiger partial charge is 0.493 e. The monoisotopic (exact) mass is 502 g/mol. The van der Waals surface area contributed by atoms with Gasteiger partial charge < -0.3 is 9.15 Å². The Kier molecular flexibility index (Phi) is 4.70. The molecule has 4 nitrogen and oxygen atoms in total. The summed E-state index contributed by atoms with van der Waals surface area (Å²) in [5.74, 6) is 1.33. The first kappa shape index (κ1) is 21.8. The lowest BCUT2D eigenvalue weighted by Crippen LogP contribution is -1.94. The van der Waals surface area contributed by atoms with Crippen molar-refractivity contribution in [3.63, 3.8) is 0 Å². The molecule has 0 bridgehead atoms. The van der Waals surface area contributed by atoms with E-state index in [2.05, 4.69) is 78.9 Å². The van der Waals surface area contributed by atoms with Gasteiger partial charge in [-0.05, 0) is 50.5 Å². The Balaban J connectivity index is 1.46. The maximum absolute atomic E-state index is 6.38. The van der Waals surface area contributed by atoms with Crippen LogP contribution in [0.5, 0.6) is 5.75 Å². The van der Waals surface area contributed by atoms with Gasteiger partial charge in [-0.15, -0.1) is 0 Å². The van der Waals surface area contributed by atoms with E-state index in [1.807, 2.05) is 36.4 Å². The number of fused-ring (bicyclic) bond motifs is 9. The Hall–Kier alpha value is -5.22. The number of hydrogen-bond donors (Lipinski definition) is 0. The van der Waals surface area contributed by atoms with Gasteiger partial charge >= 0.3 is 0 Å². The molecule has 0 unspecified atom stereocenters. The Morgan fingerprint density at radius 2 is 1.13 bits per heavy atom. The maximum atomic E-state index is 6.38. The molecule has 184 valence electrons. The summed E-state index contributed by atoms with van der Waals surface area (Å²) in [4.78, 5) is 10.2. The third-order valence-electron chi connectivity index (χ3n) is 7.57. The second-order valence-electron chi connectivity index (χ2n) is 9.73. The number of rotatable bonds is 3. The van der Waals surface area contributed by atoms with Crippen LogP contribution < -0.4 is 4.74 Å². The Bertz CT molecular complexity index is 2180. The molecular formula is C35H22N2O2. The number of ether oxygens (including phenoxy) is 1. The summed E-state index contributed by atoms with van der Waals surface area (Å²) in [6, 6.07) is 39.8. The zero-order chi connectivity index (χ0) is 25.9. The first-order valence-electron chi connectivity index (χ1n) is 13.0. The third-order valence-corrected chi connectivity index (χ3v) is 7.57. The Labute approximate surface area is 224 Å². The second-order valence-corrected chi connectivity index (χ2v) is 9.73. The van der Waals surface area contributed by atoms with Crippen LogP contribution in [-0.2, 0) is 0 Å². The minimum Gasteiger partial charge on any atom is -0.493 e. The average Bonchev–Trinajstić information content (AvgIpc) is 3.40. The highest BCUT2D eigenvalue weighted by molar-refractivity contribution is 6.25. The van der Waals surface area contributed by atoms with Crippen molar-refractivity contribution in [2.75, 3.05) is 7.11 Å². The van der Waals surface area contributed by atoms with E-state index in [0.717, 1.165) is 27.7 Å². The molecule has 0 aliphatic rings. The number of benzene rings is 6. The van der Waals surface area contributed by atoms with Crippen LogP contribution in [0.3, 0.4) is 0 Å². The molecule has 0 aliphatic carbocycles. The van der Waals surface area contributed by atoms with E-state index in [-0.39, 0.29) is 0 Å². The van der Waals surface area contributed by atoms with Crippen molar-refractivity contribution in [2.45, 2.75) is 0 Å². The summed E-state index contributed by atoms with van der Waals surface area (Å²) >= 11 is 0. The van der Waals surface area contributed by atoms with Crippen LogP contribution in [0, 0.1) is 0 Å². The first-order chi connectivity index (χ1) is 19.3. The van der Waals surface area contributed by atoms with E-state index >= 15 is 0 Å². The van der Waals surface area contributed by atoms with Crippen molar-refractivity contribution in [3.05, 3.63) is 115 Å². The smallest absolute Gasteiger partial charge is 0.180 e. The van der Waals surface area contributed by atoms with Gasteiger partial charge in [0.1, 0.15) is 11.2 Å². The van der Waals surface area contributed by atoms with Crippen LogP contribution >= 0.6 is 0 Å². The molecule has 0 radical (unpaired) electrons. The van der Waals surface area contributed by atoms with Gasteiger partial charge in [-0.2, -0.15) is 0 Å². The fourth-order valence-electron chi connectivity index (χ4n) is 5.77. The fraction of sp³-hybridized carbons (Fsp3) is 0.0286. The van der Waals surface area contributed by atoms with E-state index in [1.165, 1.54) is 32.3 Å². The van der Waals surface area contributed by atoms with Crippen LogP contribution in [0.4, 0.5) is 0 Å². The molecule has 0 spiro atoms. The highest BCUT2D eigenvalue weighted by Crippen LogP contribution is 2.40. The normalized spacial score (nSPS) is 11.7. The molecule has 2 heterocycles. The van der Waals surface area contributed by atoms with Crippen molar-refractivity contribution < 1.29 is 9.15 Å². The van der Waals surface area contributed by atoms with E-state index in [9.17, 15) is 0 Å². The molecule has 0 N–H and O–H groups in total. The van der Waals surface area contributed by atoms with Gasteiger partial charge in [-0.3, -0.25) is 0 Å². The molecule has 0 amide bonds. The molecular weight excluding hydrogens is 480 g/mol. The van der Waals surface area contributed by atoms with Crippen molar-refractivity contribution >= 4 is 54.4 Å². The molecule has 0 saturated carbocycles. The van der Waals surface area contributed by atoms with Gasteiger partial charge in [0.2, 0.25) is 0 Å². The summed E-state index contributed by atoms with van der Waals surface area (Å²) in [5, 5.41) is 8.27. The molecule has 0 aliphatic heterocycles. The van der Waals surface area contributed by atoms with Crippen LogP contribution in [0.15, 0.2) is 120 Å². The first-order valence-corrected chi connectivity index (χ1v) is 13.0. The molecule has 4 heteroatoms. The standard InChI is InChI=1S/C35H22N2O2/c1-38-30-17-9-16-28-32-34(39-33(28)30)31(21-10-3-2-4-11-21)36-35(37-32)22-18-19-27-25-14-6-5-12-23(25)24-13-7-8-15-26(24)29(27)20-22/h2-20H,1H3. The Morgan fingerprint density at radius 3 is 1.82 bits per heavy atom. The maximum Gasteiger partial charge on any atom is 0.180 e. The van der Waals surface area contributed by atoms with E-state index in [1.54, 1.807) is 7.11 Å². The topological polar surface area (TPSA) is 48.2 Å². The molecule has 0 fully saturated rings. The van der Waals surface area contributed by atoms with Crippen LogP contribution in [-0.4, -0.2) is 17.1 Å². The highest BCUT2D eigenvalue weighted by atomic mass is 16.5. The Morgan fingerprint density at radius 1 is 0.513 bits per heavy atom. The van der Waals surface area contributed by atoms with Crippen molar-refractivity contribution in [3.8, 4) is 28.4 Å². The molecule has 8 aromatic rings. The molecule has 0 saturated heterocycles. The van der Waals surface area contributed by atoms with Crippen molar-refractivity contribution in [1.29, 1.82) is 0 Å². The summed E-state index contributed by atoms with van der Waals surface area (Å²) in [7, 11) is 1.65. The molecule has 39 heavy (non-hydrogen) atoms. The van der Waals surface area contributed by atoms with Gasteiger partial charge in [-0.1, -0.05) is 97.1 Å². The lowest BCUT2D eigenvalue weighted by molar-refractivity contribution is 0.412. The van der Waals surface area contributed by atoms with Gasteiger partial charge in [0, 0.05) is 11.1 Å². The SMILES string of the molecule is COc1cccc2c1oc1c(-c3ccccc3)nc(-c3ccc4c5ccccc5c5ccccc5c4c3)nc12. The number of methoxy groups -OCH3 is 1. The lowest BCUT2D eigenvalue weighted by atomic mass is 9.93. The van der Waals surface area contributed by atoms with Gasteiger partial charge in [0.15, 0.2) is 22.7 Å². The summed E-state index contributed by atoms with van der Waals surface area (Å²) in [5.41, 5.74) is 4.80. The third kappa shape index (κ3) is 3.25. The fourth-order valence-corrected chi connectivity index (χ4v) is 5.77. The minimum atomic E-state index is 0.654. The van der Waals surface area contributed by atoms with Crippen LogP contribution in [0.2, 0.25) is 0 Å². The molecule has 6 aromatic carbocycles. The van der Waals surface area contributed by atoms with Crippen molar-refractivity contribution in [2.24, 2.45) is 0 Å². The predicted octanol–water partition coefficient (Wildman–Crippen LogP) is 9.18. The molecule has 8 rings (SSSR count). The van der Waals surface area contributed by atoms with Gasteiger partial charge in [-0.25, -0.2) is 9.97 Å². The molecule has 0 atom stereocenters. The zero-order valence-electron chi connectivity index (χ0n) is 21.2. The van der Waals surface area contributed by atoms with E-state index < -0.39 is 0 Å². The number of furan rings is 1. The predicted molar refractivity (Wildman–Crippen MR) is 159 cm³/mol. The second kappa shape index (κ2) is 8.40. The highest BCUT2D eigenvalue weighted by Gasteiger charge is 2.20. The summed E-state index contributed by atoms with van der Waals surface area (Å²) in [6.07, 6.45) is 0. The number of hydrogen-bond acceptors (Lipinski definition) is 4. The zero-order valence-corrected chi connectivity index (χ0v) is 21.2. The van der Waals surface area contributed by atoms with Crippen LogP contribution in [0.25, 0.3) is 77.0 Å². The van der Waals surface area contributed by atoms with Gasteiger partial charge in [0.25, 0.3) is 0 Å². The van der Waals surface area contributed by atoms with E-state index in [0.29, 0.717) is 22.7 Å². The minimum absolute atomic E-state index is 0.654. The summed E-state index contributed by atoms with van der Waals surface area (Å²) < 4.78 is 12.0. The lowest BCUT2D eigenvalue weighted by Gasteiger charge is -2.12. The average molecular weight is 503 g/mol. The number of para-hydroxylation sites is 1. The van der Waals surface area contributed by atoms with Crippen LogP contribution in [0.1, 0.15) is 0 Å². The van der Waals surface area contributed by atoms with Gasteiger partial charge in [0.05, 0.1) is 12.5 Å².